The summed E-state index contributed by atoms with van der Waals surface area (Å²) in [5.74, 6) is 0.626. The maximum atomic E-state index is 13.9. The second kappa shape index (κ2) is 16.5. The van der Waals surface area contributed by atoms with Gasteiger partial charge in [0.2, 0.25) is 5.91 Å². The van der Waals surface area contributed by atoms with E-state index >= 15 is 0 Å². The second-order valence-electron chi connectivity index (χ2n) is 13.8. The van der Waals surface area contributed by atoms with Crippen molar-refractivity contribution in [2.45, 2.75) is 77.0 Å². The number of aromatic nitrogens is 2. The number of rotatable bonds is 12. The molecule has 2 amide bonds. The van der Waals surface area contributed by atoms with Crippen LogP contribution >= 0.6 is 11.6 Å². The Labute approximate surface area is 299 Å². The predicted octanol–water partition coefficient (Wildman–Crippen LogP) is 7.41. The van der Waals surface area contributed by atoms with Crippen molar-refractivity contribution >= 4 is 40.6 Å². The highest BCUT2D eigenvalue weighted by Gasteiger charge is 2.30. The quantitative estimate of drug-likeness (QED) is 0.121. The van der Waals surface area contributed by atoms with Crippen molar-refractivity contribution in [3.8, 4) is 11.1 Å². The van der Waals surface area contributed by atoms with E-state index in [0.717, 1.165) is 59.4 Å². The van der Waals surface area contributed by atoms with Gasteiger partial charge in [-0.1, -0.05) is 54.1 Å². The number of amides is 2. The largest absolute Gasteiger partial charge is 0.465 e. The number of fused-ring (bicyclic) bond motifs is 1. The molecule has 1 aromatic heterocycles. The highest BCUT2D eigenvalue weighted by Crippen LogP contribution is 2.31. The molecule has 0 bridgehead atoms. The Bertz CT molecular complexity index is 1800. The van der Waals surface area contributed by atoms with Gasteiger partial charge in [0.1, 0.15) is 11.4 Å². The number of esters is 1. The lowest BCUT2D eigenvalue weighted by molar-refractivity contribution is -0.133. The van der Waals surface area contributed by atoms with Gasteiger partial charge in [-0.25, -0.2) is 14.6 Å². The predicted molar refractivity (Wildman–Crippen MR) is 194 cm³/mol. The fourth-order valence-corrected chi connectivity index (χ4v) is 6.80. The fraction of sp³-hybridized carbons (Fsp3) is 0.436. The molecule has 1 saturated heterocycles. The van der Waals surface area contributed by atoms with Gasteiger partial charge in [-0.3, -0.25) is 4.79 Å². The van der Waals surface area contributed by atoms with E-state index in [2.05, 4.69) is 16.0 Å². The molecular weight excluding hydrogens is 656 g/mol. The molecule has 1 N–H and O–H groups in total. The second-order valence-corrected chi connectivity index (χ2v) is 14.2. The Morgan fingerprint density at radius 2 is 1.80 bits per heavy atom. The molecule has 2 heterocycles. The summed E-state index contributed by atoms with van der Waals surface area (Å²) >= 11 is 6.52. The normalized spacial score (nSPS) is 15.5. The maximum absolute atomic E-state index is 13.9. The number of imidazole rings is 1. The highest BCUT2D eigenvalue weighted by atomic mass is 35.5. The van der Waals surface area contributed by atoms with Crippen LogP contribution in [0.25, 0.3) is 22.2 Å². The lowest BCUT2D eigenvalue weighted by atomic mass is 9.95. The van der Waals surface area contributed by atoms with Gasteiger partial charge in [0.15, 0.2) is 0 Å². The average molecular weight is 703 g/mol. The lowest BCUT2D eigenvalue weighted by Crippen LogP contribution is -2.46. The Morgan fingerprint density at radius 1 is 1.04 bits per heavy atom. The molecule has 1 aliphatic heterocycles. The number of methoxy groups -OCH3 is 2. The van der Waals surface area contributed by atoms with E-state index in [1.165, 1.54) is 7.11 Å². The van der Waals surface area contributed by atoms with E-state index in [1.807, 2.05) is 68.1 Å². The van der Waals surface area contributed by atoms with Crippen LogP contribution < -0.4 is 5.32 Å². The van der Waals surface area contributed by atoms with E-state index < -0.39 is 23.7 Å². The summed E-state index contributed by atoms with van der Waals surface area (Å²) in [4.78, 5) is 45.7. The number of aryl methyl sites for hydroxylation is 1. The van der Waals surface area contributed by atoms with E-state index in [4.69, 9.17) is 30.8 Å². The minimum absolute atomic E-state index is 0.0214. The summed E-state index contributed by atoms with van der Waals surface area (Å²) in [7, 11) is 3.04. The lowest BCUT2D eigenvalue weighted by Gasteiger charge is -2.34. The summed E-state index contributed by atoms with van der Waals surface area (Å²) in [6.45, 7) is 8.10. The van der Waals surface area contributed by atoms with E-state index in [0.29, 0.717) is 36.7 Å². The van der Waals surface area contributed by atoms with Crippen molar-refractivity contribution in [2.24, 2.45) is 0 Å². The average Bonchev–Trinajstić information content (AvgIpc) is 3.46. The van der Waals surface area contributed by atoms with Gasteiger partial charge in [0.25, 0.3) is 0 Å². The molecule has 11 heteroatoms. The van der Waals surface area contributed by atoms with Crippen LogP contribution in [0, 0.1) is 0 Å². The molecule has 50 heavy (non-hydrogen) atoms. The number of para-hydroxylation sites is 2. The van der Waals surface area contributed by atoms with Crippen molar-refractivity contribution < 1.29 is 28.6 Å². The first-order valence-electron chi connectivity index (χ1n) is 17.1. The number of likely N-dealkylation sites (tertiary alicyclic amines) is 1. The van der Waals surface area contributed by atoms with Crippen LogP contribution in [0.15, 0.2) is 66.7 Å². The molecule has 3 aromatic carbocycles. The number of nitrogens with zero attached hydrogens (tertiary/aromatic N) is 3. The molecule has 0 spiro atoms. The molecule has 4 aromatic rings. The van der Waals surface area contributed by atoms with Gasteiger partial charge in [-0.2, -0.15) is 0 Å². The highest BCUT2D eigenvalue weighted by molar-refractivity contribution is 6.33. The summed E-state index contributed by atoms with van der Waals surface area (Å²) in [5, 5.41) is 3.40. The molecular formula is C39H47ClN4O6. The van der Waals surface area contributed by atoms with Gasteiger partial charge in [-0.15, -0.1) is 0 Å². The first-order chi connectivity index (χ1) is 24.0. The van der Waals surface area contributed by atoms with Crippen molar-refractivity contribution in [2.75, 3.05) is 33.9 Å². The Balaban J connectivity index is 1.31. The summed E-state index contributed by atoms with van der Waals surface area (Å²) < 4.78 is 18.0. The molecule has 5 rings (SSSR count). The zero-order valence-electron chi connectivity index (χ0n) is 29.5. The number of alkyl carbamates (subject to hydrolysis) is 1. The van der Waals surface area contributed by atoms with E-state index in [1.54, 1.807) is 25.3 Å². The topological polar surface area (TPSA) is 112 Å². The number of ether oxygens (including phenoxy) is 3. The molecule has 2 unspecified atom stereocenters. The maximum Gasteiger partial charge on any atom is 0.407 e. The molecule has 1 fully saturated rings. The molecule has 0 saturated carbocycles. The third kappa shape index (κ3) is 9.43. The van der Waals surface area contributed by atoms with Crippen LogP contribution in [0.2, 0.25) is 5.02 Å². The van der Waals surface area contributed by atoms with Gasteiger partial charge < -0.3 is 29.0 Å². The number of hydrogen-bond donors (Lipinski definition) is 1. The Morgan fingerprint density at radius 3 is 2.50 bits per heavy atom. The first-order valence-corrected chi connectivity index (χ1v) is 17.5. The van der Waals surface area contributed by atoms with Crippen LogP contribution in [0.4, 0.5) is 4.79 Å². The number of halogens is 1. The number of nitrogens with one attached hydrogen (secondary N) is 1. The standard InChI is InChI=1S/C39H47ClN4O6/c1-39(2,3)50-38(47)41-30(22-26-13-15-27(16-14-26)31-18-17-28(23-32(31)40)37(46)49-5)24-35(45)43-19-8-10-29(25-43)36-42-33-11-6-7-12-34(33)44(36)20-9-21-48-4/h6-7,11-18,23,29-30H,8-10,19-22,24-25H2,1-5H3,(H,41,47). The number of carbonyl (C=O) groups is 3. The molecule has 0 aliphatic carbocycles. The molecule has 2 atom stereocenters. The smallest absolute Gasteiger partial charge is 0.407 e. The van der Waals surface area contributed by atoms with Crippen LogP contribution in [-0.4, -0.2) is 78.0 Å². The minimum Gasteiger partial charge on any atom is -0.465 e. The number of piperidine rings is 1. The molecule has 266 valence electrons. The zero-order valence-corrected chi connectivity index (χ0v) is 30.3. The van der Waals surface area contributed by atoms with Crippen molar-refractivity contribution in [1.82, 2.24) is 19.8 Å². The summed E-state index contributed by atoms with van der Waals surface area (Å²) in [6.07, 6.45) is 2.66. The first kappa shape index (κ1) is 36.9. The van der Waals surface area contributed by atoms with Crippen molar-refractivity contribution in [1.29, 1.82) is 0 Å². The minimum atomic E-state index is -0.683. The van der Waals surface area contributed by atoms with Crippen LogP contribution in [0.5, 0.6) is 0 Å². The van der Waals surface area contributed by atoms with E-state index in [-0.39, 0.29) is 18.2 Å². The molecule has 0 radical (unpaired) electrons. The number of hydrogen-bond acceptors (Lipinski definition) is 7. The monoisotopic (exact) mass is 702 g/mol. The van der Waals surface area contributed by atoms with E-state index in [9.17, 15) is 14.4 Å². The number of benzene rings is 3. The van der Waals surface area contributed by atoms with Crippen LogP contribution in [-0.2, 0) is 32.0 Å². The van der Waals surface area contributed by atoms with Gasteiger partial charge in [-0.05, 0) is 81.8 Å². The van der Waals surface area contributed by atoms with Crippen molar-refractivity contribution in [3.63, 3.8) is 0 Å². The van der Waals surface area contributed by atoms with Gasteiger partial charge in [0, 0.05) is 62.3 Å². The Kier molecular flexibility index (Phi) is 12.2. The Hall–Kier alpha value is -4.41. The van der Waals surface area contributed by atoms with Crippen LogP contribution in [0.3, 0.4) is 0 Å². The third-order valence-electron chi connectivity index (χ3n) is 8.83. The zero-order chi connectivity index (χ0) is 35.8. The fourth-order valence-electron chi connectivity index (χ4n) is 6.51. The number of carbonyl (C=O) groups excluding carboxylic acids is 3. The molecule has 10 nitrogen and oxygen atoms in total. The molecule has 1 aliphatic rings. The summed E-state index contributed by atoms with van der Waals surface area (Å²) in [5.41, 5.74) is 4.32. The van der Waals surface area contributed by atoms with Crippen LogP contribution in [0.1, 0.15) is 74.1 Å². The van der Waals surface area contributed by atoms with Gasteiger partial charge in [0.05, 0.1) is 23.7 Å². The summed E-state index contributed by atoms with van der Waals surface area (Å²) in [6, 6.07) is 20.5. The van der Waals surface area contributed by atoms with Gasteiger partial charge >= 0.3 is 12.1 Å². The van der Waals surface area contributed by atoms with Crippen molar-refractivity contribution in [3.05, 3.63) is 88.7 Å². The SMILES string of the molecule is COCCCn1c(C2CCCN(C(=O)CC(Cc3ccc(-c4ccc(C(=O)OC)cc4Cl)cc3)NC(=O)OC(C)(C)C)C2)nc2ccccc21. The third-order valence-corrected chi connectivity index (χ3v) is 9.15.